The molecule has 1 rings (SSSR count). The first kappa shape index (κ1) is 17.7. The molecule has 22 heavy (non-hydrogen) atoms. The quantitative estimate of drug-likeness (QED) is 0.764. The lowest BCUT2D eigenvalue weighted by Gasteiger charge is -2.16. The molecule has 0 unspecified atom stereocenters. The molecule has 0 spiro atoms. The maximum absolute atomic E-state index is 11.8. The molecule has 0 aliphatic heterocycles. The normalized spacial score (nSPS) is 11.4. The molecule has 1 aromatic carbocycles. The number of rotatable bonds is 7. The minimum Gasteiger partial charge on any atom is -0.469 e. The number of hydrogen-bond donors (Lipinski definition) is 1. The predicted octanol–water partition coefficient (Wildman–Crippen LogP) is 1.15. The van der Waals surface area contributed by atoms with Gasteiger partial charge in [-0.1, -0.05) is 29.8 Å². The molecule has 120 valence electrons. The number of amides is 1. The fraction of sp³-hybridized carbons (Fsp3) is 0.438. The zero-order valence-electron chi connectivity index (χ0n) is 13.0. The summed E-state index contributed by atoms with van der Waals surface area (Å²) >= 11 is 0. The number of nitrogens with one attached hydrogen (secondary N) is 1. The van der Waals surface area contributed by atoms with Gasteiger partial charge in [0.2, 0.25) is 5.91 Å². The van der Waals surface area contributed by atoms with Crippen molar-refractivity contribution in [2.45, 2.75) is 32.2 Å². The highest BCUT2D eigenvalue weighted by atomic mass is 16.5. The van der Waals surface area contributed by atoms with Crippen LogP contribution < -0.4 is 5.32 Å². The van der Waals surface area contributed by atoms with Gasteiger partial charge < -0.3 is 14.8 Å². The van der Waals surface area contributed by atoms with Gasteiger partial charge >= 0.3 is 11.9 Å². The van der Waals surface area contributed by atoms with Crippen LogP contribution in [0.2, 0.25) is 0 Å². The highest BCUT2D eigenvalue weighted by molar-refractivity contribution is 5.86. The molecule has 6 heteroatoms. The monoisotopic (exact) mass is 307 g/mol. The highest BCUT2D eigenvalue weighted by Gasteiger charge is 2.22. The summed E-state index contributed by atoms with van der Waals surface area (Å²) in [7, 11) is 2.53. The number of carbonyl (C=O) groups is 3. The van der Waals surface area contributed by atoms with Crippen molar-refractivity contribution in [2.24, 2.45) is 0 Å². The molecule has 0 heterocycles. The van der Waals surface area contributed by atoms with E-state index in [1.54, 1.807) is 0 Å². The summed E-state index contributed by atoms with van der Waals surface area (Å²) in [4.78, 5) is 34.6. The lowest BCUT2D eigenvalue weighted by Crippen LogP contribution is -2.43. The molecule has 0 saturated heterocycles. The molecule has 0 aromatic heterocycles. The van der Waals surface area contributed by atoms with E-state index in [4.69, 9.17) is 4.74 Å². The van der Waals surface area contributed by atoms with Gasteiger partial charge in [0.05, 0.1) is 20.6 Å². The Balaban J connectivity index is 2.64. The van der Waals surface area contributed by atoms with Gasteiger partial charge in [-0.3, -0.25) is 9.59 Å². The Morgan fingerprint density at radius 3 is 2.23 bits per heavy atom. The van der Waals surface area contributed by atoms with Crippen LogP contribution >= 0.6 is 0 Å². The van der Waals surface area contributed by atoms with Crippen LogP contribution in [0, 0.1) is 6.92 Å². The van der Waals surface area contributed by atoms with Gasteiger partial charge in [0.25, 0.3) is 0 Å². The van der Waals surface area contributed by atoms with Crippen LogP contribution in [0.3, 0.4) is 0 Å². The lowest BCUT2D eigenvalue weighted by atomic mass is 10.0. The van der Waals surface area contributed by atoms with Gasteiger partial charge in [-0.25, -0.2) is 4.79 Å². The average Bonchev–Trinajstić information content (AvgIpc) is 2.53. The fourth-order valence-electron chi connectivity index (χ4n) is 1.88. The Morgan fingerprint density at radius 2 is 1.68 bits per heavy atom. The lowest BCUT2D eigenvalue weighted by molar-refractivity contribution is -0.145. The van der Waals surface area contributed by atoms with Gasteiger partial charge in [-0.15, -0.1) is 0 Å². The summed E-state index contributed by atoms with van der Waals surface area (Å²) in [6.07, 6.45) is 0.270. The largest absolute Gasteiger partial charge is 0.469 e. The van der Waals surface area contributed by atoms with Crippen LogP contribution in [-0.2, 0) is 30.3 Å². The van der Waals surface area contributed by atoms with E-state index in [-0.39, 0.29) is 12.8 Å². The Bertz CT molecular complexity index is 524. The molecule has 0 bridgehead atoms. The Labute approximate surface area is 129 Å². The van der Waals surface area contributed by atoms with Gasteiger partial charge in [-0.05, 0) is 12.5 Å². The third-order valence-electron chi connectivity index (χ3n) is 3.17. The van der Waals surface area contributed by atoms with Gasteiger partial charge in [0, 0.05) is 12.8 Å². The van der Waals surface area contributed by atoms with Crippen LogP contribution in [0.15, 0.2) is 24.3 Å². The minimum atomic E-state index is -0.780. The molecule has 1 N–H and O–H groups in total. The van der Waals surface area contributed by atoms with Crippen molar-refractivity contribution < 1.29 is 23.9 Å². The molecule has 6 nitrogen and oxygen atoms in total. The fourth-order valence-corrected chi connectivity index (χ4v) is 1.88. The number of carbonyl (C=O) groups excluding carboxylic acids is 3. The van der Waals surface area contributed by atoms with Crippen LogP contribution in [0.1, 0.15) is 24.0 Å². The number of esters is 2. The zero-order valence-corrected chi connectivity index (χ0v) is 13.0. The molecule has 1 amide bonds. The first-order valence-electron chi connectivity index (χ1n) is 6.95. The Kier molecular flexibility index (Phi) is 7.08. The van der Waals surface area contributed by atoms with Crippen LogP contribution in [0.4, 0.5) is 0 Å². The summed E-state index contributed by atoms with van der Waals surface area (Å²) in [6.45, 7) is 1.97. The van der Waals surface area contributed by atoms with E-state index in [0.29, 0.717) is 6.42 Å². The maximum atomic E-state index is 11.8. The van der Waals surface area contributed by atoms with Gasteiger partial charge in [-0.2, -0.15) is 0 Å². The van der Waals surface area contributed by atoms with Crippen molar-refractivity contribution in [1.82, 2.24) is 5.32 Å². The molecular formula is C16H21NO5. The molecule has 0 aliphatic rings. The van der Waals surface area contributed by atoms with Crippen molar-refractivity contribution >= 4 is 17.8 Å². The SMILES string of the molecule is COC(=O)CCC(=O)N[C@@H](Cc1ccc(C)cc1)C(=O)OC. The van der Waals surface area contributed by atoms with Gasteiger partial charge in [0.1, 0.15) is 6.04 Å². The summed E-state index contributed by atoms with van der Waals surface area (Å²) in [6, 6.07) is 6.88. The minimum absolute atomic E-state index is 0.0270. The van der Waals surface area contributed by atoms with E-state index in [0.717, 1.165) is 11.1 Å². The van der Waals surface area contributed by atoms with Crippen molar-refractivity contribution in [1.29, 1.82) is 0 Å². The summed E-state index contributed by atoms with van der Waals surface area (Å²) in [5.74, 6) is -1.39. The summed E-state index contributed by atoms with van der Waals surface area (Å²) < 4.78 is 9.18. The standard InChI is InChI=1S/C16H21NO5/c1-11-4-6-12(7-5-11)10-13(16(20)22-3)17-14(18)8-9-15(19)21-2/h4-7,13H,8-10H2,1-3H3,(H,17,18)/t13-/m0/s1. The molecule has 1 aromatic rings. The third kappa shape index (κ3) is 5.95. The Morgan fingerprint density at radius 1 is 1.05 bits per heavy atom. The first-order valence-corrected chi connectivity index (χ1v) is 6.95. The molecule has 0 radical (unpaired) electrons. The van der Waals surface area contributed by atoms with E-state index in [1.807, 2.05) is 31.2 Å². The maximum Gasteiger partial charge on any atom is 0.328 e. The number of methoxy groups -OCH3 is 2. The molecule has 0 fully saturated rings. The van der Waals surface area contributed by atoms with E-state index in [2.05, 4.69) is 10.1 Å². The topological polar surface area (TPSA) is 81.7 Å². The molecule has 0 aliphatic carbocycles. The predicted molar refractivity (Wildman–Crippen MR) is 80.1 cm³/mol. The molecular weight excluding hydrogens is 286 g/mol. The zero-order chi connectivity index (χ0) is 16.5. The number of ether oxygens (including phenoxy) is 2. The van der Waals surface area contributed by atoms with Crippen molar-refractivity contribution in [2.75, 3.05) is 14.2 Å². The van der Waals surface area contributed by atoms with Crippen molar-refractivity contribution in [3.8, 4) is 0 Å². The van der Waals surface area contributed by atoms with Crippen LogP contribution in [0.25, 0.3) is 0 Å². The highest BCUT2D eigenvalue weighted by Crippen LogP contribution is 2.07. The van der Waals surface area contributed by atoms with E-state index >= 15 is 0 Å². The molecule has 0 saturated carbocycles. The smallest absolute Gasteiger partial charge is 0.328 e. The second-order valence-electron chi connectivity index (χ2n) is 4.91. The van der Waals surface area contributed by atoms with E-state index in [9.17, 15) is 14.4 Å². The van der Waals surface area contributed by atoms with Crippen LogP contribution in [0.5, 0.6) is 0 Å². The number of aryl methyl sites for hydroxylation is 1. The number of benzene rings is 1. The van der Waals surface area contributed by atoms with Crippen LogP contribution in [-0.4, -0.2) is 38.1 Å². The third-order valence-corrected chi connectivity index (χ3v) is 3.17. The summed E-state index contributed by atoms with van der Waals surface area (Å²) in [5.41, 5.74) is 2.02. The average molecular weight is 307 g/mol. The van der Waals surface area contributed by atoms with E-state index < -0.39 is 23.9 Å². The van der Waals surface area contributed by atoms with Gasteiger partial charge in [0.15, 0.2) is 0 Å². The second kappa shape index (κ2) is 8.81. The second-order valence-corrected chi connectivity index (χ2v) is 4.91. The van der Waals surface area contributed by atoms with Crippen molar-refractivity contribution in [3.63, 3.8) is 0 Å². The summed E-state index contributed by atoms with van der Waals surface area (Å²) in [5, 5.41) is 2.59. The Hall–Kier alpha value is -2.37. The first-order chi connectivity index (χ1) is 10.5. The number of hydrogen-bond acceptors (Lipinski definition) is 5. The van der Waals surface area contributed by atoms with E-state index in [1.165, 1.54) is 14.2 Å². The van der Waals surface area contributed by atoms with Crippen molar-refractivity contribution in [3.05, 3.63) is 35.4 Å². The molecule has 1 atom stereocenters.